The highest BCUT2D eigenvalue weighted by molar-refractivity contribution is 6.19. The highest BCUT2D eigenvalue weighted by atomic mass is 16.7. The number of nitrogens with zero attached hydrogens (tertiary/aromatic N) is 1. The van der Waals surface area contributed by atoms with Crippen LogP contribution in [0.25, 0.3) is 32.5 Å². The van der Waals surface area contributed by atoms with Gasteiger partial charge in [-0.25, -0.2) is 9.86 Å². The third-order valence-corrected chi connectivity index (χ3v) is 5.09. The fourth-order valence-electron chi connectivity index (χ4n) is 3.61. The van der Waals surface area contributed by atoms with Crippen LogP contribution in [-0.2, 0) is 4.84 Å². The molecule has 0 saturated carbocycles. The Kier molecular flexibility index (Phi) is 4.71. The van der Waals surface area contributed by atoms with Crippen molar-refractivity contribution >= 4 is 38.4 Å². The maximum absolute atomic E-state index is 12.9. The van der Waals surface area contributed by atoms with Crippen LogP contribution in [0.15, 0.2) is 45.6 Å². The Morgan fingerprint density at radius 3 is 2.33 bits per heavy atom. The van der Waals surface area contributed by atoms with Crippen molar-refractivity contribution in [2.45, 2.75) is 0 Å². The van der Waals surface area contributed by atoms with Crippen LogP contribution < -0.4 is 15.1 Å². The number of fused-ring (bicyclic) bond motifs is 5. The van der Waals surface area contributed by atoms with E-state index in [2.05, 4.69) is 0 Å². The number of hydrogen-bond acceptors (Lipinski definition) is 7. The molecule has 0 radical (unpaired) electrons. The highest BCUT2D eigenvalue weighted by Crippen LogP contribution is 2.42. The molecular weight excluding hydrogens is 390 g/mol. The number of hydrogen-bond donors (Lipinski definition) is 1. The van der Waals surface area contributed by atoms with Gasteiger partial charge in [-0.15, -0.1) is 0 Å². The second kappa shape index (κ2) is 7.23. The smallest absolute Gasteiger partial charge is 0.344 e. The predicted molar refractivity (Wildman–Crippen MR) is 111 cm³/mol. The van der Waals surface area contributed by atoms with Crippen LogP contribution in [0.3, 0.4) is 0 Å². The Labute approximate surface area is 170 Å². The number of rotatable bonds is 4. The zero-order valence-corrected chi connectivity index (χ0v) is 16.8. The minimum absolute atomic E-state index is 0.00417. The van der Waals surface area contributed by atoms with Gasteiger partial charge in [0.2, 0.25) is 0 Å². The van der Waals surface area contributed by atoms with Gasteiger partial charge < -0.3 is 19.0 Å². The average Bonchev–Trinajstić information content (AvgIpc) is 2.77. The minimum Gasteiger partial charge on any atom is -0.507 e. The SMILES string of the molecule is COc1cc2c(oc(=O)c3cc(C(=O)N(C)OC)cc(OC)c32)c2cccc(O)c12. The molecule has 1 heterocycles. The van der Waals surface area contributed by atoms with Gasteiger partial charge in [-0.2, -0.15) is 0 Å². The first-order valence-electron chi connectivity index (χ1n) is 9.00. The molecule has 154 valence electrons. The summed E-state index contributed by atoms with van der Waals surface area (Å²) in [6, 6.07) is 9.57. The summed E-state index contributed by atoms with van der Waals surface area (Å²) in [7, 11) is 5.77. The van der Waals surface area contributed by atoms with Crippen LogP contribution in [0.2, 0.25) is 0 Å². The van der Waals surface area contributed by atoms with Crippen molar-refractivity contribution in [2.24, 2.45) is 0 Å². The number of hydroxylamine groups is 2. The monoisotopic (exact) mass is 409 g/mol. The lowest BCUT2D eigenvalue weighted by molar-refractivity contribution is -0.0756. The Hall–Kier alpha value is -3.78. The number of phenolic OH excluding ortho intramolecular Hbond substituents is 1. The highest BCUT2D eigenvalue weighted by Gasteiger charge is 2.21. The van der Waals surface area contributed by atoms with Crippen LogP contribution >= 0.6 is 0 Å². The second-order valence-electron chi connectivity index (χ2n) is 6.63. The number of amides is 1. The normalized spacial score (nSPS) is 11.2. The first-order chi connectivity index (χ1) is 14.4. The maximum Gasteiger partial charge on any atom is 0.344 e. The summed E-state index contributed by atoms with van der Waals surface area (Å²) < 4.78 is 16.6. The van der Waals surface area contributed by atoms with Gasteiger partial charge in [0.05, 0.1) is 32.1 Å². The molecule has 3 aromatic carbocycles. The van der Waals surface area contributed by atoms with Gasteiger partial charge in [-0.1, -0.05) is 12.1 Å². The van der Waals surface area contributed by atoms with E-state index in [9.17, 15) is 14.7 Å². The zero-order chi connectivity index (χ0) is 21.6. The van der Waals surface area contributed by atoms with Crippen molar-refractivity contribution in [3.63, 3.8) is 0 Å². The third kappa shape index (κ3) is 2.81. The predicted octanol–water partition coefficient (Wildman–Crippen LogP) is 3.46. The fourth-order valence-corrected chi connectivity index (χ4v) is 3.61. The standard InChI is InChI=1S/C22H19NO7/c1-23(29-4)21(25)11-8-14-18(16(9-11)27-2)13-10-17(28-3)19-12(6-5-7-15(19)24)20(13)30-22(14)26/h5-10,24H,1-4H3. The summed E-state index contributed by atoms with van der Waals surface area (Å²) >= 11 is 0. The van der Waals surface area contributed by atoms with E-state index in [1.54, 1.807) is 18.2 Å². The molecule has 0 aliphatic rings. The number of carbonyl (C=O) groups excluding carboxylic acids is 1. The summed E-state index contributed by atoms with van der Waals surface area (Å²) in [5.41, 5.74) is -0.147. The lowest BCUT2D eigenvalue weighted by atomic mass is 9.99. The molecule has 30 heavy (non-hydrogen) atoms. The number of benzene rings is 3. The van der Waals surface area contributed by atoms with Crippen LogP contribution in [0.1, 0.15) is 10.4 Å². The van der Waals surface area contributed by atoms with E-state index in [4.69, 9.17) is 18.7 Å². The van der Waals surface area contributed by atoms with E-state index in [0.29, 0.717) is 33.0 Å². The van der Waals surface area contributed by atoms with E-state index in [1.807, 2.05) is 0 Å². The first kappa shape index (κ1) is 19.5. The molecule has 1 N–H and O–H groups in total. The summed E-state index contributed by atoms with van der Waals surface area (Å²) in [4.78, 5) is 30.4. The van der Waals surface area contributed by atoms with E-state index < -0.39 is 11.5 Å². The van der Waals surface area contributed by atoms with Crippen LogP contribution in [0.5, 0.6) is 17.2 Å². The molecule has 0 atom stereocenters. The van der Waals surface area contributed by atoms with Crippen LogP contribution in [-0.4, -0.2) is 44.5 Å². The molecule has 0 spiro atoms. The topological polar surface area (TPSA) is 98.4 Å². The van der Waals surface area contributed by atoms with Crippen molar-refractivity contribution in [2.75, 3.05) is 28.4 Å². The fraction of sp³-hybridized carbons (Fsp3) is 0.182. The molecule has 0 saturated heterocycles. The van der Waals surface area contributed by atoms with Crippen molar-refractivity contribution in [1.82, 2.24) is 5.06 Å². The molecule has 0 unspecified atom stereocenters. The molecule has 8 nitrogen and oxygen atoms in total. The summed E-state index contributed by atoms with van der Waals surface area (Å²) in [6.45, 7) is 0. The largest absolute Gasteiger partial charge is 0.507 e. The van der Waals surface area contributed by atoms with E-state index >= 15 is 0 Å². The molecule has 0 fully saturated rings. The van der Waals surface area contributed by atoms with E-state index in [1.165, 1.54) is 46.6 Å². The Balaban J connectivity index is 2.19. The number of ether oxygens (including phenoxy) is 2. The number of methoxy groups -OCH3 is 2. The number of aromatic hydroxyl groups is 1. The van der Waals surface area contributed by atoms with Gasteiger partial charge in [0.25, 0.3) is 5.91 Å². The molecule has 0 bridgehead atoms. The molecule has 0 aliphatic carbocycles. The summed E-state index contributed by atoms with van der Waals surface area (Å²) in [6.07, 6.45) is 0. The summed E-state index contributed by atoms with van der Waals surface area (Å²) in [5.74, 6) is 0.287. The van der Waals surface area contributed by atoms with Gasteiger partial charge in [-0.05, 0) is 24.3 Å². The Morgan fingerprint density at radius 2 is 1.67 bits per heavy atom. The van der Waals surface area contributed by atoms with Crippen molar-refractivity contribution < 1.29 is 28.6 Å². The van der Waals surface area contributed by atoms with Gasteiger partial charge >= 0.3 is 5.63 Å². The van der Waals surface area contributed by atoms with Crippen LogP contribution in [0.4, 0.5) is 0 Å². The lowest BCUT2D eigenvalue weighted by Gasteiger charge is -2.16. The number of carbonyl (C=O) groups is 1. The first-order valence-corrected chi connectivity index (χ1v) is 9.00. The molecule has 1 aromatic heterocycles. The van der Waals surface area contributed by atoms with E-state index in [-0.39, 0.29) is 22.3 Å². The van der Waals surface area contributed by atoms with Crippen molar-refractivity contribution in [3.05, 3.63) is 52.4 Å². The van der Waals surface area contributed by atoms with Gasteiger partial charge in [0, 0.05) is 28.8 Å². The van der Waals surface area contributed by atoms with Crippen molar-refractivity contribution in [1.29, 1.82) is 0 Å². The lowest BCUT2D eigenvalue weighted by Crippen LogP contribution is -2.25. The number of phenols is 1. The third-order valence-electron chi connectivity index (χ3n) is 5.09. The molecule has 1 amide bonds. The maximum atomic E-state index is 12.9. The molecule has 0 aliphatic heterocycles. The quantitative estimate of drug-likeness (QED) is 0.313. The van der Waals surface area contributed by atoms with E-state index in [0.717, 1.165) is 5.06 Å². The molecule has 4 aromatic rings. The van der Waals surface area contributed by atoms with Gasteiger partial charge in [0.1, 0.15) is 22.8 Å². The second-order valence-corrected chi connectivity index (χ2v) is 6.63. The molecule has 4 rings (SSSR count). The zero-order valence-electron chi connectivity index (χ0n) is 16.8. The summed E-state index contributed by atoms with van der Waals surface area (Å²) in [5, 5.41) is 13.5. The van der Waals surface area contributed by atoms with Gasteiger partial charge in [0.15, 0.2) is 0 Å². The average molecular weight is 409 g/mol. The van der Waals surface area contributed by atoms with Crippen molar-refractivity contribution in [3.8, 4) is 17.2 Å². The molecular formula is C22H19NO7. The Bertz CT molecular complexity index is 1370. The van der Waals surface area contributed by atoms with Crippen LogP contribution in [0, 0.1) is 0 Å². The minimum atomic E-state index is -0.639. The molecule has 8 heteroatoms. The Morgan fingerprint density at radius 1 is 0.967 bits per heavy atom. The van der Waals surface area contributed by atoms with Gasteiger partial charge in [-0.3, -0.25) is 9.63 Å².